The maximum atomic E-state index is 10.7. The SMILES string of the molecule is CNC(=O)C#Cc1ccccc1. The molecule has 0 aromatic heterocycles. The first kappa shape index (κ1) is 8.35. The van der Waals surface area contributed by atoms with Gasteiger partial charge in [-0.25, -0.2) is 0 Å². The summed E-state index contributed by atoms with van der Waals surface area (Å²) in [6.45, 7) is 0. The van der Waals surface area contributed by atoms with Crippen LogP contribution in [0.3, 0.4) is 0 Å². The van der Waals surface area contributed by atoms with Gasteiger partial charge in [0.1, 0.15) is 0 Å². The van der Waals surface area contributed by atoms with E-state index in [1.165, 1.54) is 0 Å². The van der Waals surface area contributed by atoms with E-state index in [2.05, 4.69) is 17.2 Å². The van der Waals surface area contributed by atoms with Crippen molar-refractivity contribution in [3.05, 3.63) is 35.9 Å². The highest BCUT2D eigenvalue weighted by Crippen LogP contribution is 1.94. The number of benzene rings is 1. The molecule has 1 aromatic rings. The normalized spacial score (nSPS) is 8.08. The highest BCUT2D eigenvalue weighted by atomic mass is 16.1. The molecule has 0 atom stereocenters. The van der Waals surface area contributed by atoms with Crippen molar-refractivity contribution < 1.29 is 4.79 Å². The number of hydrogen-bond donors (Lipinski definition) is 1. The molecule has 1 aromatic carbocycles. The summed E-state index contributed by atoms with van der Waals surface area (Å²) in [6.07, 6.45) is 0. The van der Waals surface area contributed by atoms with Crippen molar-refractivity contribution in [2.75, 3.05) is 7.05 Å². The summed E-state index contributed by atoms with van der Waals surface area (Å²) in [5.41, 5.74) is 0.848. The smallest absolute Gasteiger partial charge is 0.295 e. The average molecular weight is 159 g/mol. The van der Waals surface area contributed by atoms with Crippen LogP contribution in [-0.4, -0.2) is 13.0 Å². The minimum atomic E-state index is -0.265. The Balaban J connectivity index is 2.74. The number of hydrogen-bond acceptors (Lipinski definition) is 1. The van der Waals surface area contributed by atoms with Crippen molar-refractivity contribution in [3.8, 4) is 11.8 Å². The second-order valence-electron chi connectivity index (χ2n) is 2.20. The summed E-state index contributed by atoms with van der Waals surface area (Å²) >= 11 is 0. The molecule has 0 aliphatic rings. The molecule has 1 amide bonds. The van der Waals surface area contributed by atoms with Gasteiger partial charge >= 0.3 is 0 Å². The molecule has 0 bridgehead atoms. The Morgan fingerprint density at radius 1 is 1.33 bits per heavy atom. The standard InChI is InChI=1S/C10H9NO/c1-11-10(12)8-7-9-5-3-2-4-6-9/h2-6H,1H3,(H,11,12). The van der Waals surface area contributed by atoms with E-state index in [4.69, 9.17) is 0 Å². The third-order valence-corrected chi connectivity index (χ3v) is 1.32. The topological polar surface area (TPSA) is 29.1 Å². The molecule has 0 aliphatic heterocycles. The lowest BCUT2D eigenvalue weighted by molar-refractivity contribution is -0.115. The summed E-state index contributed by atoms with van der Waals surface area (Å²) < 4.78 is 0. The highest BCUT2D eigenvalue weighted by molar-refractivity contribution is 5.93. The fourth-order valence-electron chi connectivity index (χ4n) is 0.713. The Labute approximate surface area is 71.6 Å². The molecule has 0 saturated heterocycles. The van der Waals surface area contributed by atoms with Gasteiger partial charge in [0, 0.05) is 18.5 Å². The van der Waals surface area contributed by atoms with Gasteiger partial charge in [0.2, 0.25) is 0 Å². The molecule has 0 fully saturated rings. The predicted octanol–water partition coefficient (Wildman–Crippen LogP) is 0.784. The van der Waals surface area contributed by atoms with Crippen LogP contribution in [0.25, 0.3) is 0 Å². The van der Waals surface area contributed by atoms with Gasteiger partial charge in [0.25, 0.3) is 5.91 Å². The molecule has 0 spiro atoms. The second-order valence-corrected chi connectivity index (χ2v) is 2.20. The molecule has 0 saturated carbocycles. The summed E-state index contributed by atoms with van der Waals surface area (Å²) in [7, 11) is 1.56. The third-order valence-electron chi connectivity index (χ3n) is 1.32. The van der Waals surface area contributed by atoms with Crippen LogP contribution in [0, 0.1) is 11.8 Å². The molecule has 1 N–H and O–H groups in total. The monoisotopic (exact) mass is 159 g/mol. The van der Waals surface area contributed by atoms with Crippen molar-refractivity contribution in [1.29, 1.82) is 0 Å². The summed E-state index contributed by atoms with van der Waals surface area (Å²) in [6, 6.07) is 9.39. The Kier molecular flexibility index (Phi) is 2.92. The number of nitrogens with one attached hydrogen (secondary N) is 1. The van der Waals surface area contributed by atoms with Gasteiger partial charge in [-0.15, -0.1) is 0 Å². The molecule has 0 radical (unpaired) electrons. The molecule has 0 aliphatic carbocycles. The summed E-state index contributed by atoms with van der Waals surface area (Å²) in [5.74, 6) is 4.92. The van der Waals surface area contributed by atoms with Crippen molar-refractivity contribution in [2.45, 2.75) is 0 Å². The van der Waals surface area contributed by atoms with E-state index in [0.717, 1.165) is 5.56 Å². The molecule has 12 heavy (non-hydrogen) atoms. The molecule has 60 valence electrons. The molecular weight excluding hydrogens is 150 g/mol. The molecule has 1 rings (SSSR count). The number of amides is 1. The van der Waals surface area contributed by atoms with E-state index < -0.39 is 0 Å². The quantitative estimate of drug-likeness (QED) is 0.557. The zero-order chi connectivity index (χ0) is 8.81. The second kappa shape index (κ2) is 4.20. The van der Waals surface area contributed by atoms with Crippen molar-refractivity contribution >= 4 is 5.91 Å². The third kappa shape index (κ3) is 2.47. The Morgan fingerprint density at radius 3 is 2.58 bits per heavy atom. The lowest BCUT2D eigenvalue weighted by Gasteiger charge is -1.86. The van der Waals surface area contributed by atoms with Gasteiger partial charge in [-0.3, -0.25) is 4.79 Å². The van der Waals surface area contributed by atoms with Gasteiger partial charge < -0.3 is 5.32 Å². The Morgan fingerprint density at radius 2 is 2.00 bits per heavy atom. The zero-order valence-corrected chi connectivity index (χ0v) is 6.79. The van der Waals surface area contributed by atoms with Crippen LogP contribution in [-0.2, 0) is 4.79 Å². The van der Waals surface area contributed by atoms with Crippen molar-refractivity contribution in [1.82, 2.24) is 5.32 Å². The first-order valence-corrected chi connectivity index (χ1v) is 3.61. The lowest BCUT2D eigenvalue weighted by atomic mass is 10.2. The first-order chi connectivity index (χ1) is 5.83. The van der Waals surface area contributed by atoms with E-state index in [9.17, 15) is 4.79 Å². The zero-order valence-electron chi connectivity index (χ0n) is 6.79. The van der Waals surface area contributed by atoms with E-state index in [-0.39, 0.29) is 5.91 Å². The van der Waals surface area contributed by atoms with Gasteiger partial charge in [-0.05, 0) is 12.1 Å². The van der Waals surface area contributed by atoms with Gasteiger partial charge in [0.05, 0.1) is 0 Å². The van der Waals surface area contributed by atoms with Gasteiger partial charge in [0.15, 0.2) is 0 Å². The minimum Gasteiger partial charge on any atom is -0.348 e. The average Bonchev–Trinajstić information content (AvgIpc) is 2.16. The van der Waals surface area contributed by atoms with Crippen molar-refractivity contribution in [2.24, 2.45) is 0 Å². The fraction of sp³-hybridized carbons (Fsp3) is 0.100. The van der Waals surface area contributed by atoms with Crippen LogP contribution in [0.4, 0.5) is 0 Å². The van der Waals surface area contributed by atoms with E-state index >= 15 is 0 Å². The van der Waals surface area contributed by atoms with Crippen LogP contribution in [0.2, 0.25) is 0 Å². The van der Waals surface area contributed by atoms with Crippen LogP contribution >= 0.6 is 0 Å². The number of carbonyl (C=O) groups is 1. The van der Waals surface area contributed by atoms with E-state index in [1.54, 1.807) is 7.05 Å². The highest BCUT2D eigenvalue weighted by Gasteiger charge is 1.86. The number of carbonyl (C=O) groups excluding carboxylic acids is 1. The van der Waals surface area contributed by atoms with Crippen LogP contribution in [0.5, 0.6) is 0 Å². The maximum absolute atomic E-state index is 10.7. The fourth-order valence-corrected chi connectivity index (χ4v) is 0.713. The van der Waals surface area contributed by atoms with Crippen LogP contribution < -0.4 is 5.32 Å². The van der Waals surface area contributed by atoms with Crippen molar-refractivity contribution in [3.63, 3.8) is 0 Å². The Hall–Kier alpha value is -1.75. The summed E-state index contributed by atoms with van der Waals surface area (Å²) in [4.78, 5) is 10.7. The van der Waals surface area contributed by atoms with Crippen LogP contribution in [0.1, 0.15) is 5.56 Å². The molecule has 2 heteroatoms. The molecule has 0 unspecified atom stereocenters. The Bertz CT molecular complexity index is 319. The molecule has 0 heterocycles. The number of rotatable bonds is 0. The lowest BCUT2D eigenvalue weighted by Crippen LogP contribution is -2.14. The van der Waals surface area contributed by atoms with E-state index in [1.807, 2.05) is 30.3 Å². The minimum absolute atomic E-state index is 0.265. The van der Waals surface area contributed by atoms with Crippen LogP contribution in [0.15, 0.2) is 30.3 Å². The van der Waals surface area contributed by atoms with Gasteiger partial charge in [-0.1, -0.05) is 24.1 Å². The van der Waals surface area contributed by atoms with Gasteiger partial charge in [-0.2, -0.15) is 0 Å². The predicted molar refractivity (Wildman–Crippen MR) is 47.4 cm³/mol. The maximum Gasteiger partial charge on any atom is 0.295 e. The summed E-state index contributed by atoms with van der Waals surface area (Å²) in [5, 5.41) is 2.42. The molecule has 2 nitrogen and oxygen atoms in total. The molecular formula is C10H9NO. The largest absolute Gasteiger partial charge is 0.348 e. The first-order valence-electron chi connectivity index (χ1n) is 3.61. The van der Waals surface area contributed by atoms with E-state index in [0.29, 0.717) is 0 Å².